The van der Waals surface area contributed by atoms with Crippen LogP contribution in [0.2, 0.25) is 0 Å². The number of likely N-dealkylation sites (tertiary alicyclic amines) is 1. The van der Waals surface area contributed by atoms with E-state index in [1.54, 1.807) is 11.3 Å². The third-order valence-corrected chi connectivity index (χ3v) is 7.56. The molecule has 0 saturated carbocycles. The molecule has 2 amide bonds. The van der Waals surface area contributed by atoms with E-state index in [9.17, 15) is 9.59 Å². The Hall–Kier alpha value is -1.25. The Labute approximate surface area is 176 Å². The van der Waals surface area contributed by atoms with Gasteiger partial charge in [0.2, 0.25) is 5.91 Å². The minimum atomic E-state index is -0.0293. The van der Waals surface area contributed by atoms with Crippen LogP contribution >= 0.6 is 38.6 Å². The highest BCUT2D eigenvalue weighted by molar-refractivity contribution is 9.10. The number of carbonyl (C=O) groups excluding carboxylic acids is 2. The van der Waals surface area contributed by atoms with Crippen molar-refractivity contribution < 1.29 is 9.59 Å². The highest BCUT2D eigenvalue weighted by Crippen LogP contribution is 2.32. The molecule has 5 nitrogen and oxygen atoms in total. The van der Waals surface area contributed by atoms with Gasteiger partial charge in [0, 0.05) is 47.8 Å². The lowest BCUT2D eigenvalue weighted by molar-refractivity contribution is -0.135. The molecule has 0 aromatic carbocycles. The second-order valence-electron chi connectivity index (χ2n) is 6.85. The van der Waals surface area contributed by atoms with Crippen LogP contribution in [0.15, 0.2) is 21.3 Å². The Morgan fingerprint density at radius 2 is 2.04 bits per heavy atom. The van der Waals surface area contributed by atoms with Gasteiger partial charge in [-0.2, -0.15) is 0 Å². The summed E-state index contributed by atoms with van der Waals surface area (Å²) in [5, 5.41) is 4.72. The number of piperidine rings is 1. The predicted octanol–water partition coefficient (Wildman–Crippen LogP) is 4.74. The SMILES string of the molecule is CCCCN(C)C(=O)C1CCN(C(=O)c2csc(-c3cc(Br)cs3)n2)CC1. The fourth-order valence-corrected chi connectivity index (χ4v) is 5.52. The number of thiophene rings is 1. The first-order valence-electron chi connectivity index (χ1n) is 9.23. The third kappa shape index (κ3) is 4.97. The zero-order valence-electron chi connectivity index (χ0n) is 15.6. The first-order valence-corrected chi connectivity index (χ1v) is 11.8. The Morgan fingerprint density at radius 3 is 2.67 bits per heavy atom. The molecule has 1 saturated heterocycles. The number of thiazole rings is 1. The second-order valence-corrected chi connectivity index (χ2v) is 9.53. The van der Waals surface area contributed by atoms with Gasteiger partial charge in [-0.05, 0) is 41.3 Å². The second kappa shape index (κ2) is 9.30. The van der Waals surface area contributed by atoms with Gasteiger partial charge in [-0.1, -0.05) is 13.3 Å². The van der Waals surface area contributed by atoms with Gasteiger partial charge in [0.25, 0.3) is 5.91 Å². The number of unbranched alkanes of at least 4 members (excludes halogenated alkanes) is 1. The average molecular weight is 470 g/mol. The fraction of sp³-hybridized carbons (Fsp3) is 0.526. The third-order valence-electron chi connectivity index (χ3n) is 4.86. The fourth-order valence-electron chi connectivity index (χ4n) is 3.22. The largest absolute Gasteiger partial charge is 0.346 e. The maximum absolute atomic E-state index is 12.8. The lowest BCUT2D eigenvalue weighted by Gasteiger charge is -2.33. The summed E-state index contributed by atoms with van der Waals surface area (Å²) in [6, 6.07) is 2.02. The lowest BCUT2D eigenvalue weighted by atomic mass is 9.95. The van der Waals surface area contributed by atoms with E-state index in [4.69, 9.17) is 0 Å². The van der Waals surface area contributed by atoms with Gasteiger partial charge >= 0.3 is 0 Å². The van der Waals surface area contributed by atoms with E-state index < -0.39 is 0 Å². The zero-order chi connectivity index (χ0) is 19.4. The highest BCUT2D eigenvalue weighted by Gasteiger charge is 2.30. The van der Waals surface area contributed by atoms with Gasteiger partial charge in [-0.15, -0.1) is 22.7 Å². The van der Waals surface area contributed by atoms with Crippen LogP contribution in [0.5, 0.6) is 0 Å². The summed E-state index contributed by atoms with van der Waals surface area (Å²) in [5.41, 5.74) is 0.504. The molecule has 0 spiro atoms. The molecule has 3 rings (SSSR count). The number of amides is 2. The van der Waals surface area contributed by atoms with Gasteiger partial charge in [-0.3, -0.25) is 9.59 Å². The van der Waals surface area contributed by atoms with E-state index >= 15 is 0 Å². The van der Waals surface area contributed by atoms with E-state index in [2.05, 4.69) is 27.8 Å². The molecule has 0 N–H and O–H groups in total. The first-order chi connectivity index (χ1) is 13.0. The van der Waals surface area contributed by atoms with Crippen LogP contribution in [0.3, 0.4) is 0 Å². The molecule has 1 fully saturated rings. The van der Waals surface area contributed by atoms with Crippen LogP contribution in [-0.2, 0) is 4.79 Å². The molecule has 3 heterocycles. The molecule has 1 aliphatic heterocycles. The summed E-state index contributed by atoms with van der Waals surface area (Å²) in [6.45, 7) is 4.18. The van der Waals surface area contributed by atoms with Crippen molar-refractivity contribution in [3.8, 4) is 9.88 Å². The molecule has 0 aliphatic carbocycles. The monoisotopic (exact) mass is 469 g/mol. The summed E-state index contributed by atoms with van der Waals surface area (Å²) in [6.07, 6.45) is 3.58. The number of rotatable bonds is 6. The summed E-state index contributed by atoms with van der Waals surface area (Å²) in [5.74, 6) is 0.221. The summed E-state index contributed by atoms with van der Waals surface area (Å²) < 4.78 is 1.03. The molecule has 0 atom stereocenters. The Kier molecular flexibility index (Phi) is 7.05. The van der Waals surface area contributed by atoms with Crippen molar-refractivity contribution >= 4 is 50.4 Å². The Bertz CT molecular complexity index is 796. The number of carbonyl (C=O) groups is 2. The number of halogens is 1. The number of hydrogen-bond donors (Lipinski definition) is 0. The molecule has 0 bridgehead atoms. The van der Waals surface area contributed by atoms with Crippen LogP contribution in [0.1, 0.15) is 43.1 Å². The molecular weight excluding hydrogens is 446 g/mol. The van der Waals surface area contributed by atoms with Crippen LogP contribution < -0.4 is 0 Å². The van der Waals surface area contributed by atoms with Gasteiger partial charge in [0.15, 0.2) is 0 Å². The normalized spacial score (nSPS) is 15.1. The van der Waals surface area contributed by atoms with E-state index in [-0.39, 0.29) is 17.7 Å². The summed E-state index contributed by atoms with van der Waals surface area (Å²) in [4.78, 5) is 34.6. The van der Waals surface area contributed by atoms with Crippen molar-refractivity contribution in [1.29, 1.82) is 0 Å². The molecule has 2 aromatic heterocycles. The standard InChI is InChI=1S/C19H24BrN3O2S2/c1-3-4-7-22(2)18(24)13-5-8-23(9-6-13)19(25)15-12-27-17(21-15)16-10-14(20)11-26-16/h10-13H,3-9H2,1-2H3. The lowest BCUT2D eigenvalue weighted by Crippen LogP contribution is -2.43. The molecular formula is C19H24BrN3O2S2. The van der Waals surface area contributed by atoms with Crippen LogP contribution in [0.4, 0.5) is 0 Å². The minimum absolute atomic E-state index is 0.0293. The van der Waals surface area contributed by atoms with Crippen molar-refractivity contribution in [3.63, 3.8) is 0 Å². The van der Waals surface area contributed by atoms with Crippen molar-refractivity contribution in [2.45, 2.75) is 32.6 Å². The van der Waals surface area contributed by atoms with Crippen molar-refractivity contribution in [1.82, 2.24) is 14.8 Å². The number of hydrogen-bond acceptors (Lipinski definition) is 5. The molecule has 1 aliphatic rings. The van der Waals surface area contributed by atoms with Crippen molar-refractivity contribution in [3.05, 3.63) is 27.0 Å². The molecule has 0 unspecified atom stereocenters. The quantitative estimate of drug-likeness (QED) is 0.613. The maximum Gasteiger partial charge on any atom is 0.273 e. The summed E-state index contributed by atoms with van der Waals surface area (Å²) in [7, 11) is 1.88. The van der Waals surface area contributed by atoms with Crippen LogP contribution in [-0.4, -0.2) is 53.3 Å². The molecule has 27 heavy (non-hydrogen) atoms. The van der Waals surface area contributed by atoms with Crippen LogP contribution in [0.25, 0.3) is 9.88 Å². The van der Waals surface area contributed by atoms with Crippen molar-refractivity contribution in [2.75, 3.05) is 26.7 Å². The molecule has 146 valence electrons. The van der Waals surface area contributed by atoms with E-state index in [1.165, 1.54) is 11.3 Å². The first kappa shape index (κ1) is 20.5. The van der Waals surface area contributed by atoms with Gasteiger partial charge in [-0.25, -0.2) is 4.98 Å². The smallest absolute Gasteiger partial charge is 0.273 e. The van der Waals surface area contributed by atoms with Gasteiger partial charge < -0.3 is 9.80 Å². The molecule has 8 heteroatoms. The maximum atomic E-state index is 12.8. The Balaban J connectivity index is 1.56. The van der Waals surface area contributed by atoms with Crippen molar-refractivity contribution in [2.24, 2.45) is 5.92 Å². The van der Waals surface area contributed by atoms with E-state index in [1.807, 2.05) is 33.7 Å². The van der Waals surface area contributed by atoms with Gasteiger partial charge in [0.1, 0.15) is 10.7 Å². The number of aromatic nitrogens is 1. The van der Waals surface area contributed by atoms with Gasteiger partial charge in [0.05, 0.1) is 4.88 Å². The molecule has 2 aromatic rings. The predicted molar refractivity (Wildman–Crippen MR) is 114 cm³/mol. The number of nitrogens with zero attached hydrogens (tertiary/aromatic N) is 3. The summed E-state index contributed by atoms with van der Waals surface area (Å²) >= 11 is 6.55. The van der Waals surface area contributed by atoms with Crippen LogP contribution in [0, 0.1) is 5.92 Å². The molecule has 0 radical (unpaired) electrons. The highest BCUT2D eigenvalue weighted by atomic mass is 79.9. The topological polar surface area (TPSA) is 53.5 Å². The Morgan fingerprint density at radius 1 is 1.30 bits per heavy atom. The van der Waals surface area contributed by atoms with E-state index in [0.717, 1.165) is 46.6 Å². The average Bonchev–Trinajstić information content (AvgIpc) is 3.34. The minimum Gasteiger partial charge on any atom is -0.346 e. The van der Waals surface area contributed by atoms with E-state index in [0.29, 0.717) is 18.8 Å². The zero-order valence-corrected chi connectivity index (χ0v) is 18.8.